The van der Waals surface area contributed by atoms with Crippen LogP contribution in [-0.2, 0) is 0 Å². The van der Waals surface area contributed by atoms with E-state index in [1.807, 2.05) is 11.9 Å². The molecule has 0 aliphatic heterocycles. The van der Waals surface area contributed by atoms with Crippen LogP contribution in [0.4, 0.5) is 4.79 Å². The van der Waals surface area contributed by atoms with E-state index in [1.54, 1.807) is 0 Å². The smallest absolute Gasteiger partial charge is 0.317 e. The van der Waals surface area contributed by atoms with Crippen molar-refractivity contribution in [1.82, 2.24) is 10.2 Å². The first kappa shape index (κ1) is 15.6. The maximum Gasteiger partial charge on any atom is 0.317 e. The average Bonchev–Trinajstić information content (AvgIpc) is 2.75. The van der Waals surface area contributed by atoms with E-state index in [0.717, 1.165) is 38.5 Å². The fourth-order valence-electron chi connectivity index (χ4n) is 3.58. The highest BCUT2D eigenvalue weighted by Crippen LogP contribution is 2.27. The van der Waals surface area contributed by atoms with E-state index in [9.17, 15) is 9.90 Å². The Morgan fingerprint density at radius 3 is 2.20 bits per heavy atom. The highest BCUT2D eigenvalue weighted by molar-refractivity contribution is 5.74. The Morgan fingerprint density at radius 2 is 1.65 bits per heavy atom. The molecule has 0 saturated heterocycles. The molecule has 0 aromatic heterocycles. The van der Waals surface area contributed by atoms with Crippen molar-refractivity contribution in [3.8, 4) is 0 Å². The van der Waals surface area contributed by atoms with Crippen molar-refractivity contribution in [3.05, 3.63) is 0 Å². The molecule has 2 rings (SSSR count). The monoisotopic (exact) mass is 282 g/mol. The number of nitrogens with zero attached hydrogens (tertiary/aromatic N) is 1. The number of carbonyl (C=O) groups is 1. The first-order valence-corrected chi connectivity index (χ1v) is 8.35. The van der Waals surface area contributed by atoms with E-state index in [2.05, 4.69) is 5.32 Å². The number of hydrogen-bond acceptors (Lipinski definition) is 2. The minimum absolute atomic E-state index is 0.101. The lowest BCUT2D eigenvalue weighted by molar-refractivity contribution is 0.132. The van der Waals surface area contributed by atoms with Gasteiger partial charge in [0.15, 0.2) is 0 Å². The Bertz CT molecular complexity index is 293. The molecule has 4 nitrogen and oxygen atoms in total. The molecule has 116 valence electrons. The lowest BCUT2D eigenvalue weighted by Crippen LogP contribution is -2.48. The van der Waals surface area contributed by atoms with Crippen molar-refractivity contribution in [2.24, 2.45) is 5.92 Å². The van der Waals surface area contributed by atoms with Crippen LogP contribution in [0.25, 0.3) is 0 Å². The highest BCUT2D eigenvalue weighted by atomic mass is 16.3. The van der Waals surface area contributed by atoms with Gasteiger partial charge in [-0.3, -0.25) is 0 Å². The fourth-order valence-corrected chi connectivity index (χ4v) is 3.58. The number of rotatable bonds is 3. The summed E-state index contributed by atoms with van der Waals surface area (Å²) in [6.45, 7) is 0.296. The normalized spacial score (nSPS) is 28.7. The van der Waals surface area contributed by atoms with Gasteiger partial charge < -0.3 is 15.3 Å². The van der Waals surface area contributed by atoms with Crippen molar-refractivity contribution < 1.29 is 9.90 Å². The van der Waals surface area contributed by atoms with Gasteiger partial charge >= 0.3 is 6.03 Å². The average molecular weight is 282 g/mol. The zero-order valence-corrected chi connectivity index (χ0v) is 12.8. The van der Waals surface area contributed by atoms with Crippen LogP contribution in [0.3, 0.4) is 0 Å². The Hall–Kier alpha value is -0.770. The molecule has 2 aliphatic rings. The quantitative estimate of drug-likeness (QED) is 0.782. The van der Waals surface area contributed by atoms with Crippen LogP contribution >= 0.6 is 0 Å². The topological polar surface area (TPSA) is 52.6 Å². The predicted molar refractivity (Wildman–Crippen MR) is 80.6 cm³/mol. The molecular weight excluding hydrogens is 252 g/mol. The molecule has 0 aromatic carbocycles. The maximum atomic E-state index is 12.3. The van der Waals surface area contributed by atoms with Crippen LogP contribution in [-0.4, -0.2) is 41.8 Å². The van der Waals surface area contributed by atoms with Crippen molar-refractivity contribution in [2.45, 2.75) is 76.3 Å². The summed E-state index contributed by atoms with van der Waals surface area (Å²) in [6, 6.07) is 0.828. The molecule has 0 unspecified atom stereocenters. The minimum Gasteiger partial charge on any atom is -0.396 e. The third-order valence-corrected chi connectivity index (χ3v) is 5.13. The number of amides is 2. The van der Waals surface area contributed by atoms with Gasteiger partial charge in [0.05, 0.1) is 0 Å². The van der Waals surface area contributed by atoms with Gasteiger partial charge in [0, 0.05) is 25.7 Å². The van der Waals surface area contributed by atoms with Gasteiger partial charge in [-0.25, -0.2) is 4.79 Å². The largest absolute Gasteiger partial charge is 0.396 e. The molecule has 0 bridgehead atoms. The van der Waals surface area contributed by atoms with Crippen LogP contribution in [0.1, 0.15) is 64.2 Å². The van der Waals surface area contributed by atoms with E-state index in [1.165, 1.54) is 25.7 Å². The summed E-state index contributed by atoms with van der Waals surface area (Å²) >= 11 is 0. The standard InChI is InChI=1S/C16H30N2O2/c1-18(15-10-8-13(12-19)9-11-15)16(20)17-14-6-4-2-3-5-7-14/h13-15,19H,2-12H2,1H3,(H,17,20). The van der Waals surface area contributed by atoms with Crippen LogP contribution in [0, 0.1) is 5.92 Å². The van der Waals surface area contributed by atoms with Gasteiger partial charge in [0.2, 0.25) is 0 Å². The zero-order chi connectivity index (χ0) is 14.4. The molecular formula is C16H30N2O2. The number of carbonyl (C=O) groups excluding carboxylic acids is 1. The zero-order valence-electron chi connectivity index (χ0n) is 12.8. The molecule has 20 heavy (non-hydrogen) atoms. The Kier molecular flexibility index (Phi) is 6.14. The third-order valence-electron chi connectivity index (χ3n) is 5.13. The molecule has 0 heterocycles. The molecule has 2 amide bonds. The van der Waals surface area contributed by atoms with Crippen LogP contribution in [0.2, 0.25) is 0 Å². The molecule has 4 heteroatoms. The molecule has 0 spiro atoms. The summed E-state index contributed by atoms with van der Waals surface area (Å²) in [4.78, 5) is 14.2. The van der Waals surface area contributed by atoms with Crippen molar-refractivity contribution in [3.63, 3.8) is 0 Å². The van der Waals surface area contributed by atoms with Crippen molar-refractivity contribution in [2.75, 3.05) is 13.7 Å². The van der Waals surface area contributed by atoms with E-state index >= 15 is 0 Å². The number of aliphatic hydroxyl groups is 1. The summed E-state index contributed by atoms with van der Waals surface area (Å²) in [5, 5.41) is 12.4. The molecule has 2 fully saturated rings. The minimum atomic E-state index is 0.101. The molecule has 2 N–H and O–H groups in total. The second kappa shape index (κ2) is 7.87. The SMILES string of the molecule is CN(C(=O)NC1CCCCCC1)C1CCC(CO)CC1. The lowest BCUT2D eigenvalue weighted by atomic mass is 9.86. The number of urea groups is 1. The summed E-state index contributed by atoms with van der Waals surface area (Å²) in [5.41, 5.74) is 0. The van der Waals surface area contributed by atoms with Gasteiger partial charge in [-0.15, -0.1) is 0 Å². The van der Waals surface area contributed by atoms with Gasteiger partial charge in [-0.2, -0.15) is 0 Å². The van der Waals surface area contributed by atoms with Gasteiger partial charge in [0.25, 0.3) is 0 Å². The van der Waals surface area contributed by atoms with Crippen LogP contribution in [0.15, 0.2) is 0 Å². The summed E-state index contributed by atoms with van der Waals surface area (Å²) in [5.74, 6) is 0.449. The van der Waals surface area contributed by atoms with Crippen molar-refractivity contribution in [1.29, 1.82) is 0 Å². The molecule has 2 saturated carbocycles. The second-order valence-corrected chi connectivity index (χ2v) is 6.61. The van der Waals surface area contributed by atoms with E-state index in [-0.39, 0.29) is 6.03 Å². The number of aliphatic hydroxyl groups excluding tert-OH is 1. The third kappa shape index (κ3) is 4.37. The summed E-state index contributed by atoms with van der Waals surface area (Å²) < 4.78 is 0. The van der Waals surface area contributed by atoms with E-state index in [0.29, 0.717) is 24.6 Å². The van der Waals surface area contributed by atoms with E-state index in [4.69, 9.17) is 0 Å². The predicted octanol–water partition coefficient (Wildman–Crippen LogP) is 2.90. The van der Waals surface area contributed by atoms with Crippen molar-refractivity contribution >= 4 is 6.03 Å². The Morgan fingerprint density at radius 1 is 1.05 bits per heavy atom. The maximum absolute atomic E-state index is 12.3. The van der Waals surface area contributed by atoms with E-state index < -0.39 is 0 Å². The lowest BCUT2D eigenvalue weighted by Gasteiger charge is -2.35. The van der Waals surface area contributed by atoms with Crippen LogP contribution in [0.5, 0.6) is 0 Å². The first-order chi connectivity index (χ1) is 9.70. The fraction of sp³-hybridized carbons (Fsp3) is 0.938. The van der Waals surface area contributed by atoms with Gasteiger partial charge in [-0.05, 0) is 44.4 Å². The molecule has 0 radical (unpaired) electrons. The Labute approximate surface area is 122 Å². The highest BCUT2D eigenvalue weighted by Gasteiger charge is 2.27. The molecule has 2 aliphatic carbocycles. The van der Waals surface area contributed by atoms with Crippen LogP contribution < -0.4 is 5.32 Å². The number of nitrogens with one attached hydrogen (secondary N) is 1. The van der Waals surface area contributed by atoms with Gasteiger partial charge in [-0.1, -0.05) is 25.7 Å². The van der Waals surface area contributed by atoms with Gasteiger partial charge in [0.1, 0.15) is 0 Å². The summed E-state index contributed by atoms with van der Waals surface area (Å²) in [7, 11) is 1.93. The summed E-state index contributed by atoms with van der Waals surface area (Å²) in [6.07, 6.45) is 11.5. The first-order valence-electron chi connectivity index (χ1n) is 8.35. The molecule has 0 atom stereocenters. The Balaban J connectivity index is 1.76. The molecule has 0 aromatic rings. The number of hydrogen-bond donors (Lipinski definition) is 2. The second-order valence-electron chi connectivity index (χ2n) is 6.61.